The average Bonchev–Trinajstić information content (AvgIpc) is 2.38. The van der Waals surface area contributed by atoms with Gasteiger partial charge in [0.05, 0.1) is 6.54 Å². The van der Waals surface area contributed by atoms with Gasteiger partial charge in [0.15, 0.2) is 11.6 Å². The van der Waals surface area contributed by atoms with Gasteiger partial charge in [0, 0.05) is 13.1 Å². The first-order chi connectivity index (χ1) is 9.13. The molecule has 1 unspecified atom stereocenters. The van der Waals surface area contributed by atoms with Crippen LogP contribution >= 0.6 is 0 Å². The molecular weight excluding hydrogens is 251 g/mol. The van der Waals surface area contributed by atoms with E-state index in [-0.39, 0.29) is 31.4 Å². The van der Waals surface area contributed by atoms with Gasteiger partial charge in [-0.25, -0.2) is 4.39 Å². The Balaban J connectivity index is 2.19. The highest BCUT2D eigenvalue weighted by molar-refractivity contribution is 5.77. The molecule has 3 N–H and O–H groups in total. The highest BCUT2D eigenvalue weighted by Gasteiger charge is 2.08. The van der Waals surface area contributed by atoms with Crippen molar-refractivity contribution < 1.29 is 19.0 Å². The molecule has 1 rings (SSSR count). The molecule has 0 saturated heterocycles. The number of aliphatic hydroxyl groups is 1. The van der Waals surface area contributed by atoms with Crippen LogP contribution in [0.15, 0.2) is 24.3 Å². The number of carbonyl (C=O) groups excluding carboxylic acids is 1. The number of nitrogens with one attached hydrogen (secondary N) is 2. The second-order valence-electron chi connectivity index (χ2n) is 3.98. The minimum atomic E-state index is -0.811. The molecule has 0 aliphatic rings. The maximum Gasteiger partial charge on any atom is 0.233 e. The van der Waals surface area contributed by atoms with Gasteiger partial charge in [-0.2, -0.15) is 0 Å². The lowest BCUT2D eigenvalue weighted by Crippen LogP contribution is -2.38. The molecule has 1 atom stereocenters. The smallest absolute Gasteiger partial charge is 0.233 e. The van der Waals surface area contributed by atoms with Gasteiger partial charge in [-0.15, -0.1) is 0 Å². The maximum absolute atomic E-state index is 13.2. The molecule has 1 aromatic rings. The Bertz CT molecular complexity index is 401. The highest BCUT2D eigenvalue weighted by atomic mass is 19.1. The first-order valence-corrected chi connectivity index (χ1v) is 6.16. The van der Waals surface area contributed by atoms with E-state index < -0.39 is 11.9 Å². The number of ether oxygens (including phenoxy) is 1. The van der Waals surface area contributed by atoms with E-state index >= 15 is 0 Å². The fraction of sp³-hybridized carbons (Fsp3) is 0.462. The third-order valence-corrected chi connectivity index (χ3v) is 2.31. The number of aliphatic hydroxyl groups excluding tert-OH is 1. The van der Waals surface area contributed by atoms with E-state index in [0.29, 0.717) is 6.54 Å². The molecule has 0 aliphatic heterocycles. The summed E-state index contributed by atoms with van der Waals surface area (Å²) in [5, 5.41) is 15.0. The molecule has 0 aliphatic carbocycles. The van der Waals surface area contributed by atoms with Crippen molar-refractivity contribution in [1.29, 1.82) is 0 Å². The van der Waals surface area contributed by atoms with Gasteiger partial charge in [-0.1, -0.05) is 12.1 Å². The maximum atomic E-state index is 13.2. The van der Waals surface area contributed by atoms with Crippen LogP contribution in [0.4, 0.5) is 4.39 Å². The molecule has 1 aromatic carbocycles. The second-order valence-corrected chi connectivity index (χ2v) is 3.98. The molecule has 0 radical (unpaired) electrons. The molecule has 0 fully saturated rings. The Hall–Kier alpha value is -1.66. The summed E-state index contributed by atoms with van der Waals surface area (Å²) < 4.78 is 18.3. The standard InChI is InChI=1S/C13H19FN2O3/c1-2-16-13(18)8-15-7-10(17)9-19-12-6-4-3-5-11(12)14/h3-6,10,15,17H,2,7-9H2,1H3,(H,16,18). The van der Waals surface area contributed by atoms with Crippen molar-refractivity contribution in [2.75, 3.05) is 26.2 Å². The number of hydrogen-bond donors (Lipinski definition) is 3. The average molecular weight is 270 g/mol. The minimum absolute atomic E-state index is 0.0384. The van der Waals surface area contributed by atoms with E-state index in [0.717, 1.165) is 0 Å². The first-order valence-electron chi connectivity index (χ1n) is 6.16. The molecular formula is C13H19FN2O3. The molecule has 19 heavy (non-hydrogen) atoms. The summed E-state index contributed by atoms with van der Waals surface area (Å²) >= 11 is 0. The number of halogens is 1. The summed E-state index contributed by atoms with van der Waals surface area (Å²) in [6, 6.07) is 5.99. The lowest BCUT2D eigenvalue weighted by Gasteiger charge is -2.13. The number of rotatable bonds is 8. The molecule has 6 heteroatoms. The van der Waals surface area contributed by atoms with E-state index in [1.165, 1.54) is 12.1 Å². The highest BCUT2D eigenvalue weighted by Crippen LogP contribution is 2.15. The number of benzene rings is 1. The van der Waals surface area contributed by atoms with Crippen LogP contribution in [0.3, 0.4) is 0 Å². The number of para-hydroxylation sites is 1. The van der Waals surface area contributed by atoms with Crippen LogP contribution in [-0.2, 0) is 4.79 Å². The molecule has 5 nitrogen and oxygen atoms in total. The zero-order valence-electron chi connectivity index (χ0n) is 10.9. The van der Waals surface area contributed by atoms with Crippen LogP contribution in [0.1, 0.15) is 6.92 Å². The van der Waals surface area contributed by atoms with Crippen LogP contribution in [0, 0.1) is 5.82 Å². The van der Waals surface area contributed by atoms with Gasteiger partial charge in [0.1, 0.15) is 12.7 Å². The molecule has 106 valence electrons. The Morgan fingerprint density at radius 3 is 2.89 bits per heavy atom. The predicted octanol–water partition coefficient (Wildman–Crippen LogP) is 0.291. The van der Waals surface area contributed by atoms with Gasteiger partial charge in [0.25, 0.3) is 0 Å². The van der Waals surface area contributed by atoms with E-state index in [1.54, 1.807) is 12.1 Å². The molecule has 0 bridgehead atoms. The van der Waals surface area contributed by atoms with Crippen LogP contribution < -0.4 is 15.4 Å². The van der Waals surface area contributed by atoms with Gasteiger partial charge < -0.3 is 20.5 Å². The van der Waals surface area contributed by atoms with Crippen LogP contribution in [0.25, 0.3) is 0 Å². The lowest BCUT2D eigenvalue weighted by atomic mass is 10.3. The SMILES string of the molecule is CCNC(=O)CNCC(O)COc1ccccc1F. The van der Waals surface area contributed by atoms with E-state index in [4.69, 9.17) is 4.74 Å². The van der Waals surface area contributed by atoms with Gasteiger partial charge in [0.2, 0.25) is 5.91 Å². The summed E-state index contributed by atoms with van der Waals surface area (Å²) in [5.74, 6) is -0.500. The Morgan fingerprint density at radius 2 is 2.21 bits per heavy atom. The fourth-order valence-corrected chi connectivity index (χ4v) is 1.42. The molecule has 1 amide bonds. The number of amides is 1. The van der Waals surface area contributed by atoms with Crippen molar-refractivity contribution in [3.05, 3.63) is 30.1 Å². The molecule has 0 saturated carbocycles. The second kappa shape index (κ2) is 8.44. The third kappa shape index (κ3) is 6.17. The van der Waals surface area contributed by atoms with Crippen LogP contribution in [0.5, 0.6) is 5.75 Å². The van der Waals surface area contributed by atoms with Crippen molar-refractivity contribution in [3.63, 3.8) is 0 Å². The van der Waals surface area contributed by atoms with E-state index in [1.807, 2.05) is 6.92 Å². The lowest BCUT2D eigenvalue weighted by molar-refractivity contribution is -0.120. The predicted molar refractivity (Wildman–Crippen MR) is 69.5 cm³/mol. The summed E-state index contributed by atoms with van der Waals surface area (Å²) in [6.45, 7) is 2.69. The normalized spacial score (nSPS) is 11.9. The zero-order valence-corrected chi connectivity index (χ0v) is 10.9. The van der Waals surface area contributed by atoms with E-state index in [9.17, 15) is 14.3 Å². The quantitative estimate of drug-likeness (QED) is 0.635. The van der Waals surface area contributed by atoms with Crippen molar-refractivity contribution in [3.8, 4) is 5.75 Å². The van der Waals surface area contributed by atoms with Crippen LogP contribution in [-0.4, -0.2) is 43.4 Å². The summed E-state index contributed by atoms with van der Waals surface area (Å²) in [6.07, 6.45) is -0.811. The van der Waals surface area contributed by atoms with Gasteiger partial charge in [-0.05, 0) is 19.1 Å². The fourth-order valence-electron chi connectivity index (χ4n) is 1.42. The Kier molecular flexibility index (Phi) is 6.84. The monoisotopic (exact) mass is 270 g/mol. The number of likely N-dealkylation sites (N-methyl/N-ethyl adjacent to an activating group) is 1. The molecule has 0 aromatic heterocycles. The summed E-state index contributed by atoms with van der Waals surface area (Å²) in [7, 11) is 0. The number of hydrogen-bond acceptors (Lipinski definition) is 4. The third-order valence-electron chi connectivity index (χ3n) is 2.31. The number of carbonyl (C=O) groups is 1. The van der Waals surface area contributed by atoms with Crippen LogP contribution in [0.2, 0.25) is 0 Å². The molecule has 0 spiro atoms. The largest absolute Gasteiger partial charge is 0.488 e. The van der Waals surface area contributed by atoms with Crippen molar-refractivity contribution in [2.24, 2.45) is 0 Å². The first kappa shape index (κ1) is 15.4. The van der Waals surface area contributed by atoms with Gasteiger partial charge in [-0.3, -0.25) is 4.79 Å². The minimum Gasteiger partial charge on any atom is -0.488 e. The molecule has 0 heterocycles. The zero-order chi connectivity index (χ0) is 14.1. The summed E-state index contributed by atoms with van der Waals surface area (Å²) in [4.78, 5) is 11.1. The Labute approximate surface area is 111 Å². The van der Waals surface area contributed by atoms with Crippen molar-refractivity contribution in [2.45, 2.75) is 13.0 Å². The topological polar surface area (TPSA) is 70.6 Å². The van der Waals surface area contributed by atoms with Crippen molar-refractivity contribution >= 4 is 5.91 Å². The Morgan fingerprint density at radius 1 is 1.47 bits per heavy atom. The van der Waals surface area contributed by atoms with E-state index in [2.05, 4.69) is 10.6 Å². The van der Waals surface area contributed by atoms with Gasteiger partial charge >= 0.3 is 0 Å². The van der Waals surface area contributed by atoms with Crippen molar-refractivity contribution in [1.82, 2.24) is 10.6 Å². The summed E-state index contributed by atoms with van der Waals surface area (Å²) in [5.41, 5.74) is 0.